The molecule has 6 nitrogen and oxygen atoms in total. The summed E-state index contributed by atoms with van der Waals surface area (Å²) in [5, 5.41) is 10.1. The van der Waals surface area contributed by atoms with E-state index in [2.05, 4.69) is 9.80 Å². The maximum atomic E-state index is 11.8. The first-order valence-corrected chi connectivity index (χ1v) is 8.49. The molecule has 0 atom stereocenters. The number of piperazine rings is 1. The van der Waals surface area contributed by atoms with Gasteiger partial charge in [-0.3, -0.25) is 14.6 Å². The van der Waals surface area contributed by atoms with Gasteiger partial charge in [0, 0.05) is 70.8 Å². The molecule has 1 aromatic heterocycles. The van der Waals surface area contributed by atoms with Gasteiger partial charge >= 0.3 is 0 Å². The fourth-order valence-corrected chi connectivity index (χ4v) is 3.60. The first-order chi connectivity index (χ1) is 11.1. The van der Waals surface area contributed by atoms with Gasteiger partial charge < -0.3 is 14.4 Å². The highest BCUT2D eigenvalue weighted by molar-refractivity contribution is 5.29. The Morgan fingerprint density at radius 1 is 1.22 bits per heavy atom. The molecule has 3 rings (SSSR count). The van der Waals surface area contributed by atoms with Crippen LogP contribution >= 0.6 is 0 Å². The van der Waals surface area contributed by atoms with E-state index in [1.54, 1.807) is 0 Å². The van der Waals surface area contributed by atoms with E-state index in [1.165, 1.54) is 6.07 Å². The highest BCUT2D eigenvalue weighted by Crippen LogP contribution is 2.19. The van der Waals surface area contributed by atoms with Crippen molar-refractivity contribution in [3.05, 3.63) is 27.7 Å². The molecule has 3 heterocycles. The van der Waals surface area contributed by atoms with Crippen LogP contribution in [0.4, 0.5) is 0 Å². The highest BCUT2D eigenvalue weighted by Gasteiger charge is 2.26. The molecule has 0 saturated carbocycles. The quantitative estimate of drug-likeness (QED) is 0.888. The van der Waals surface area contributed by atoms with Crippen molar-refractivity contribution in [2.24, 2.45) is 7.05 Å². The predicted octanol–water partition coefficient (Wildman–Crippen LogP) is 0.696. The number of aromatic nitrogens is 1. The number of aromatic hydroxyl groups is 1. The van der Waals surface area contributed by atoms with E-state index in [-0.39, 0.29) is 11.2 Å². The van der Waals surface area contributed by atoms with Crippen LogP contribution in [0.1, 0.15) is 24.2 Å². The van der Waals surface area contributed by atoms with Crippen molar-refractivity contribution >= 4 is 0 Å². The van der Waals surface area contributed by atoms with Crippen LogP contribution in [0.25, 0.3) is 0 Å². The molecular formula is C17H27N3O3. The van der Waals surface area contributed by atoms with Gasteiger partial charge in [0.15, 0.2) is 5.75 Å². The summed E-state index contributed by atoms with van der Waals surface area (Å²) in [6, 6.07) is 2.14. The second-order valence-corrected chi connectivity index (χ2v) is 6.66. The third kappa shape index (κ3) is 3.59. The van der Waals surface area contributed by atoms with Crippen molar-refractivity contribution in [3.8, 4) is 5.75 Å². The molecule has 0 radical (unpaired) electrons. The second kappa shape index (κ2) is 7.03. The van der Waals surface area contributed by atoms with Gasteiger partial charge in [-0.05, 0) is 19.8 Å². The summed E-state index contributed by atoms with van der Waals surface area (Å²) >= 11 is 0. The molecule has 6 heteroatoms. The number of nitrogens with zero attached hydrogens (tertiary/aromatic N) is 3. The van der Waals surface area contributed by atoms with Gasteiger partial charge in [-0.2, -0.15) is 0 Å². The van der Waals surface area contributed by atoms with Crippen molar-refractivity contribution in [1.82, 2.24) is 14.4 Å². The van der Waals surface area contributed by atoms with Crippen molar-refractivity contribution in [2.45, 2.75) is 32.4 Å². The zero-order valence-electron chi connectivity index (χ0n) is 14.1. The molecule has 0 amide bonds. The van der Waals surface area contributed by atoms with Crippen LogP contribution in [0.2, 0.25) is 0 Å². The Morgan fingerprint density at radius 2 is 1.87 bits per heavy atom. The topological polar surface area (TPSA) is 57.9 Å². The third-order valence-corrected chi connectivity index (χ3v) is 5.27. The first kappa shape index (κ1) is 16.5. The van der Waals surface area contributed by atoms with E-state index in [0.717, 1.165) is 63.6 Å². The van der Waals surface area contributed by atoms with Crippen LogP contribution in [0, 0.1) is 6.92 Å². The van der Waals surface area contributed by atoms with Gasteiger partial charge in [0.1, 0.15) is 0 Å². The van der Waals surface area contributed by atoms with Gasteiger partial charge in [0.2, 0.25) is 5.43 Å². The molecular weight excluding hydrogens is 294 g/mol. The number of ether oxygens (including phenoxy) is 1. The van der Waals surface area contributed by atoms with Crippen LogP contribution in [0.3, 0.4) is 0 Å². The molecule has 0 spiro atoms. The molecule has 2 saturated heterocycles. The van der Waals surface area contributed by atoms with Crippen molar-refractivity contribution < 1.29 is 9.84 Å². The lowest BCUT2D eigenvalue weighted by atomic mass is 10.1. The Hall–Kier alpha value is -1.37. The molecule has 0 aliphatic carbocycles. The fourth-order valence-electron chi connectivity index (χ4n) is 3.60. The predicted molar refractivity (Wildman–Crippen MR) is 88.8 cm³/mol. The molecule has 0 bridgehead atoms. The zero-order chi connectivity index (χ0) is 16.4. The largest absolute Gasteiger partial charge is 0.503 e. The number of rotatable bonds is 3. The van der Waals surface area contributed by atoms with Crippen molar-refractivity contribution in [1.29, 1.82) is 0 Å². The Kier molecular flexibility index (Phi) is 5.04. The second-order valence-electron chi connectivity index (χ2n) is 6.66. The van der Waals surface area contributed by atoms with E-state index >= 15 is 0 Å². The van der Waals surface area contributed by atoms with Crippen molar-refractivity contribution in [2.75, 3.05) is 39.4 Å². The third-order valence-electron chi connectivity index (χ3n) is 5.27. The highest BCUT2D eigenvalue weighted by atomic mass is 16.5. The standard InChI is InChI=1S/C17H27N3O3/c1-13-11-16(21)17(22)15(18(13)2)12-19-5-7-20(8-6-19)14-3-9-23-10-4-14/h11,14,22H,3-10,12H2,1-2H3. The van der Waals surface area contributed by atoms with Crippen LogP contribution in [0.15, 0.2) is 10.9 Å². The van der Waals surface area contributed by atoms with E-state index in [9.17, 15) is 9.90 Å². The molecule has 23 heavy (non-hydrogen) atoms. The zero-order valence-corrected chi connectivity index (χ0v) is 14.1. The smallest absolute Gasteiger partial charge is 0.223 e. The van der Waals surface area contributed by atoms with Gasteiger partial charge in [-0.25, -0.2) is 0 Å². The molecule has 2 aliphatic heterocycles. The molecule has 0 aromatic carbocycles. The van der Waals surface area contributed by atoms with Crippen molar-refractivity contribution in [3.63, 3.8) is 0 Å². The molecule has 2 aliphatic rings. The number of hydrogen-bond donors (Lipinski definition) is 1. The van der Waals surface area contributed by atoms with Crippen LogP contribution in [0.5, 0.6) is 5.75 Å². The summed E-state index contributed by atoms with van der Waals surface area (Å²) in [6.07, 6.45) is 2.26. The molecule has 128 valence electrons. The Morgan fingerprint density at radius 3 is 2.52 bits per heavy atom. The Balaban J connectivity index is 1.62. The lowest BCUT2D eigenvalue weighted by Gasteiger charge is -2.40. The minimum atomic E-state index is -0.281. The van der Waals surface area contributed by atoms with E-state index in [4.69, 9.17) is 4.74 Å². The monoisotopic (exact) mass is 321 g/mol. The minimum absolute atomic E-state index is 0.107. The number of pyridine rings is 1. The average Bonchev–Trinajstić information content (AvgIpc) is 2.58. The summed E-state index contributed by atoms with van der Waals surface area (Å²) in [6.45, 7) is 8.32. The normalized spacial score (nSPS) is 21.7. The summed E-state index contributed by atoms with van der Waals surface area (Å²) < 4.78 is 7.36. The van der Waals surface area contributed by atoms with Gasteiger partial charge in [-0.1, -0.05) is 0 Å². The maximum Gasteiger partial charge on any atom is 0.223 e. The maximum absolute atomic E-state index is 11.8. The Bertz CT molecular complexity index is 600. The summed E-state index contributed by atoms with van der Waals surface area (Å²) in [7, 11) is 1.90. The van der Waals surface area contributed by atoms with Crippen LogP contribution in [-0.2, 0) is 18.3 Å². The van der Waals surface area contributed by atoms with Crippen LogP contribution < -0.4 is 5.43 Å². The van der Waals surface area contributed by atoms with E-state index < -0.39 is 0 Å². The summed E-state index contributed by atoms with van der Waals surface area (Å²) in [5.41, 5.74) is 1.31. The number of hydrogen-bond acceptors (Lipinski definition) is 5. The lowest BCUT2D eigenvalue weighted by Crippen LogP contribution is -2.51. The van der Waals surface area contributed by atoms with Gasteiger partial charge in [0.25, 0.3) is 0 Å². The van der Waals surface area contributed by atoms with E-state index in [1.807, 2.05) is 18.5 Å². The molecule has 2 fully saturated rings. The molecule has 0 unspecified atom stereocenters. The van der Waals surface area contributed by atoms with Crippen LogP contribution in [-0.4, -0.2) is 64.9 Å². The Labute approximate surface area is 137 Å². The average molecular weight is 321 g/mol. The SMILES string of the molecule is Cc1cc(=O)c(O)c(CN2CCN(C3CCOCC3)CC2)n1C. The van der Waals surface area contributed by atoms with E-state index in [0.29, 0.717) is 12.6 Å². The minimum Gasteiger partial charge on any atom is -0.503 e. The molecule has 1 N–H and O–H groups in total. The first-order valence-electron chi connectivity index (χ1n) is 8.49. The lowest BCUT2D eigenvalue weighted by molar-refractivity contribution is 0.0122. The molecule has 1 aromatic rings. The number of aryl methyl sites for hydroxylation is 1. The van der Waals surface area contributed by atoms with Gasteiger partial charge in [-0.15, -0.1) is 0 Å². The van der Waals surface area contributed by atoms with Gasteiger partial charge in [0.05, 0.1) is 5.69 Å². The summed E-state index contributed by atoms with van der Waals surface area (Å²) in [5.74, 6) is -0.107. The summed E-state index contributed by atoms with van der Waals surface area (Å²) in [4.78, 5) is 16.7. The fraction of sp³-hybridized carbons (Fsp3) is 0.706.